The van der Waals surface area contributed by atoms with Crippen molar-refractivity contribution in [1.29, 1.82) is 0 Å². The van der Waals surface area contributed by atoms with Crippen molar-refractivity contribution in [2.75, 3.05) is 20.0 Å². The lowest BCUT2D eigenvalue weighted by Gasteiger charge is -2.01. The number of esters is 1. The lowest BCUT2D eigenvalue weighted by atomic mass is 10.2. The van der Waals surface area contributed by atoms with Crippen LogP contribution in [0.2, 0.25) is 0 Å². The van der Waals surface area contributed by atoms with E-state index < -0.39 is 5.97 Å². The molecule has 0 amide bonds. The molecule has 0 spiro atoms. The van der Waals surface area contributed by atoms with E-state index in [-0.39, 0.29) is 5.76 Å². The molecule has 5 nitrogen and oxygen atoms in total. The van der Waals surface area contributed by atoms with Gasteiger partial charge in [0.1, 0.15) is 0 Å². The molecule has 0 saturated carbocycles. The Hall–Kier alpha value is -2.17. The van der Waals surface area contributed by atoms with Crippen molar-refractivity contribution in [2.24, 2.45) is 0 Å². The Labute approximate surface area is 91.7 Å². The fourth-order valence-corrected chi connectivity index (χ4v) is 1.48. The van der Waals surface area contributed by atoms with Gasteiger partial charge in [-0.15, -0.1) is 0 Å². The van der Waals surface area contributed by atoms with E-state index in [2.05, 4.69) is 4.74 Å². The number of nitrogen functional groups attached to an aromatic ring is 1. The molecule has 2 rings (SSSR count). The average molecular weight is 221 g/mol. The SMILES string of the molecule is COC(=O)c1cc2c(N)ccc(OC)c2o1. The smallest absolute Gasteiger partial charge is 0.373 e. The van der Waals surface area contributed by atoms with E-state index in [0.717, 1.165) is 0 Å². The van der Waals surface area contributed by atoms with Crippen LogP contribution in [0.5, 0.6) is 5.75 Å². The van der Waals surface area contributed by atoms with Gasteiger partial charge in [0.2, 0.25) is 5.76 Å². The maximum absolute atomic E-state index is 11.3. The molecule has 0 aliphatic heterocycles. The number of benzene rings is 1. The molecule has 16 heavy (non-hydrogen) atoms. The molecule has 0 unspecified atom stereocenters. The highest BCUT2D eigenvalue weighted by molar-refractivity contribution is 5.99. The number of anilines is 1. The van der Waals surface area contributed by atoms with E-state index in [4.69, 9.17) is 14.9 Å². The summed E-state index contributed by atoms with van der Waals surface area (Å²) in [5.74, 6) is 0.0886. The molecule has 0 saturated heterocycles. The summed E-state index contributed by atoms with van der Waals surface area (Å²) >= 11 is 0. The monoisotopic (exact) mass is 221 g/mol. The summed E-state index contributed by atoms with van der Waals surface area (Å²) in [5.41, 5.74) is 6.74. The largest absolute Gasteiger partial charge is 0.493 e. The van der Waals surface area contributed by atoms with Crippen molar-refractivity contribution < 1.29 is 18.7 Å². The fourth-order valence-electron chi connectivity index (χ4n) is 1.48. The van der Waals surface area contributed by atoms with Crippen molar-refractivity contribution >= 4 is 22.6 Å². The standard InChI is InChI=1S/C11H11NO4/c1-14-8-4-3-7(12)6-5-9(11(13)15-2)16-10(6)8/h3-5H,12H2,1-2H3. The molecular formula is C11H11NO4. The Kier molecular flexibility index (Phi) is 2.44. The van der Waals surface area contributed by atoms with E-state index in [1.54, 1.807) is 18.2 Å². The van der Waals surface area contributed by atoms with Gasteiger partial charge in [-0.05, 0) is 12.1 Å². The predicted octanol–water partition coefficient (Wildman–Crippen LogP) is 1.81. The van der Waals surface area contributed by atoms with Gasteiger partial charge in [-0.3, -0.25) is 0 Å². The summed E-state index contributed by atoms with van der Waals surface area (Å²) in [4.78, 5) is 11.3. The first-order chi connectivity index (χ1) is 7.67. The first-order valence-corrected chi connectivity index (χ1v) is 4.61. The highest BCUT2D eigenvalue weighted by Gasteiger charge is 2.16. The number of methoxy groups -OCH3 is 2. The zero-order valence-corrected chi connectivity index (χ0v) is 8.94. The van der Waals surface area contributed by atoms with Crippen LogP contribution in [0, 0.1) is 0 Å². The van der Waals surface area contributed by atoms with Gasteiger partial charge < -0.3 is 19.6 Å². The highest BCUT2D eigenvalue weighted by Crippen LogP contribution is 2.32. The van der Waals surface area contributed by atoms with Gasteiger partial charge >= 0.3 is 5.97 Å². The van der Waals surface area contributed by atoms with Crippen LogP contribution in [0.4, 0.5) is 5.69 Å². The van der Waals surface area contributed by atoms with Gasteiger partial charge in [0, 0.05) is 17.1 Å². The Balaban J connectivity index is 2.68. The van der Waals surface area contributed by atoms with Crippen LogP contribution in [0.3, 0.4) is 0 Å². The molecule has 0 fully saturated rings. The maximum Gasteiger partial charge on any atom is 0.373 e. The van der Waals surface area contributed by atoms with Crippen LogP contribution in [-0.2, 0) is 4.74 Å². The van der Waals surface area contributed by atoms with Gasteiger partial charge in [0.15, 0.2) is 11.3 Å². The lowest BCUT2D eigenvalue weighted by molar-refractivity contribution is 0.0567. The first kappa shape index (κ1) is 10.4. The zero-order chi connectivity index (χ0) is 11.7. The minimum Gasteiger partial charge on any atom is -0.493 e. The third-order valence-electron chi connectivity index (χ3n) is 2.29. The van der Waals surface area contributed by atoms with Crippen molar-refractivity contribution in [3.05, 3.63) is 24.0 Å². The Morgan fingerprint density at radius 2 is 2.12 bits per heavy atom. The van der Waals surface area contributed by atoms with Crippen LogP contribution in [0.1, 0.15) is 10.6 Å². The predicted molar refractivity (Wildman–Crippen MR) is 58.5 cm³/mol. The minimum atomic E-state index is -0.544. The Morgan fingerprint density at radius 1 is 1.38 bits per heavy atom. The second-order valence-corrected chi connectivity index (χ2v) is 3.20. The molecule has 0 bridgehead atoms. The molecule has 1 heterocycles. The Bertz CT molecular complexity index is 544. The topological polar surface area (TPSA) is 74.7 Å². The second kappa shape index (κ2) is 3.77. The summed E-state index contributed by atoms with van der Waals surface area (Å²) in [6.45, 7) is 0. The third kappa shape index (κ3) is 1.46. The molecule has 0 aliphatic carbocycles. The summed E-state index contributed by atoms with van der Waals surface area (Å²) < 4.78 is 15.0. The number of furan rings is 1. The number of carbonyl (C=O) groups is 1. The van der Waals surface area contributed by atoms with Gasteiger partial charge in [-0.25, -0.2) is 4.79 Å². The molecule has 0 radical (unpaired) electrons. The molecule has 1 aromatic carbocycles. The summed E-state index contributed by atoms with van der Waals surface area (Å²) in [6, 6.07) is 4.92. The van der Waals surface area contributed by atoms with Crippen LogP contribution in [0.25, 0.3) is 11.0 Å². The minimum absolute atomic E-state index is 0.105. The van der Waals surface area contributed by atoms with Crippen molar-refractivity contribution in [3.8, 4) is 5.75 Å². The molecular weight excluding hydrogens is 210 g/mol. The highest BCUT2D eigenvalue weighted by atomic mass is 16.5. The van der Waals surface area contributed by atoms with Crippen molar-refractivity contribution in [2.45, 2.75) is 0 Å². The number of rotatable bonds is 2. The lowest BCUT2D eigenvalue weighted by Crippen LogP contribution is -1.98. The number of ether oxygens (including phenoxy) is 2. The van der Waals surface area contributed by atoms with Crippen molar-refractivity contribution in [1.82, 2.24) is 0 Å². The number of carbonyl (C=O) groups excluding carboxylic acids is 1. The van der Waals surface area contributed by atoms with Gasteiger partial charge in [-0.2, -0.15) is 0 Å². The number of hydrogen-bond acceptors (Lipinski definition) is 5. The van der Waals surface area contributed by atoms with Gasteiger partial charge in [0.05, 0.1) is 14.2 Å². The fraction of sp³-hybridized carbons (Fsp3) is 0.182. The summed E-state index contributed by atoms with van der Waals surface area (Å²) in [5, 5.41) is 0.639. The molecule has 0 atom stereocenters. The quantitative estimate of drug-likeness (QED) is 0.618. The number of fused-ring (bicyclic) bond motifs is 1. The first-order valence-electron chi connectivity index (χ1n) is 4.61. The molecule has 0 aliphatic rings. The zero-order valence-electron chi connectivity index (χ0n) is 8.94. The van der Waals surface area contributed by atoms with Crippen LogP contribution in [-0.4, -0.2) is 20.2 Å². The maximum atomic E-state index is 11.3. The molecule has 84 valence electrons. The molecule has 2 aromatic rings. The molecule has 5 heteroatoms. The van der Waals surface area contributed by atoms with Crippen LogP contribution >= 0.6 is 0 Å². The van der Waals surface area contributed by atoms with Gasteiger partial charge in [0.25, 0.3) is 0 Å². The normalized spacial score (nSPS) is 10.4. The van der Waals surface area contributed by atoms with Crippen LogP contribution < -0.4 is 10.5 Å². The van der Waals surface area contributed by atoms with E-state index in [1.165, 1.54) is 14.2 Å². The molecule has 1 aromatic heterocycles. The van der Waals surface area contributed by atoms with E-state index in [0.29, 0.717) is 22.4 Å². The number of nitrogens with two attached hydrogens (primary N) is 1. The van der Waals surface area contributed by atoms with E-state index in [1.807, 2.05) is 0 Å². The third-order valence-corrected chi connectivity index (χ3v) is 2.29. The Morgan fingerprint density at radius 3 is 2.75 bits per heavy atom. The van der Waals surface area contributed by atoms with Crippen LogP contribution in [0.15, 0.2) is 22.6 Å². The van der Waals surface area contributed by atoms with E-state index >= 15 is 0 Å². The average Bonchev–Trinajstić information content (AvgIpc) is 2.74. The second-order valence-electron chi connectivity index (χ2n) is 3.20. The van der Waals surface area contributed by atoms with Crippen molar-refractivity contribution in [3.63, 3.8) is 0 Å². The summed E-state index contributed by atoms with van der Waals surface area (Å²) in [6.07, 6.45) is 0. The number of hydrogen-bond donors (Lipinski definition) is 1. The van der Waals surface area contributed by atoms with E-state index in [9.17, 15) is 4.79 Å². The summed E-state index contributed by atoms with van der Waals surface area (Å²) in [7, 11) is 2.81. The molecule has 2 N–H and O–H groups in total. The van der Waals surface area contributed by atoms with Gasteiger partial charge in [-0.1, -0.05) is 0 Å².